The maximum atomic E-state index is 12.2. The molecule has 1 aromatic rings. The average Bonchev–Trinajstić information content (AvgIpc) is 2.96. The Morgan fingerprint density at radius 3 is 3.12 bits per heavy atom. The zero-order valence-electron chi connectivity index (χ0n) is 9.53. The molecule has 2 rings (SSSR count). The summed E-state index contributed by atoms with van der Waals surface area (Å²) in [4.78, 5) is 14.8. The van der Waals surface area contributed by atoms with Gasteiger partial charge >= 0.3 is 0 Å². The largest absolute Gasteiger partial charge is 0.495 e. The van der Waals surface area contributed by atoms with Gasteiger partial charge in [0.05, 0.1) is 7.11 Å². The molecule has 2 heterocycles. The molecule has 1 unspecified atom stereocenters. The highest BCUT2D eigenvalue weighted by Crippen LogP contribution is 2.27. The van der Waals surface area contributed by atoms with Crippen molar-refractivity contribution in [2.45, 2.75) is 12.5 Å². The van der Waals surface area contributed by atoms with Crippen LogP contribution >= 0.6 is 11.3 Å². The van der Waals surface area contributed by atoms with Crippen LogP contribution in [0.1, 0.15) is 16.1 Å². The number of hydrogen-bond acceptors (Lipinski definition) is 4. The fourth-order valence-electron chi connectivity index (χ4n) is 1.94. The maximum Gasteiger partial charge on any atom is 0.267 e. The Labute approximate surface area is 99.2 Å². The van der Waals surface area contributed by atoms with Gasteiger partial charge in [-0.1, -0.05) is 0 Å². The molecule has 1 fully saturated rings. The number of hydrogen-bond donors (Lipinski definition) is 1. The minimum Gasteiger partial charge on any atom is -0.495 e. The monoisotopic (exact) mass is 240 g/mol. The second-order valence-corrected chi connectivity index (χ2v) is 4.76. The third-order valence-electron chi connectivity index (χ3n) is 2.93. The predicted molar refractivity (Wildman–Crippen MR) is 64.2 cm³/mol. The molecule has 0 bridgehead atoms. The quantitative estimate of drug-likeness (QED) is 0.863. The number of likely N-dealkylation sites (tertiary alicyclic amines) is 1. The Morgan fingerprint density at radius 2 is 2.50 bits per heavy atom. The zero-order chi connectivity index (χ0) is 11.5. The van der Waals surface area contributed by atoms with Crippen LogP contribution in [0.5, 0.6) is 5.75 Å². The second-order valence-electron chi connectivity index (χ2n) is 3.84. The molecule has 0 saturated carbocycles. The number of likely N-dealkylation sites (N-methyl/N-ethyl adjacent to an activating group) is 1. The highest BCUT2D eigenvalue weighted by atomic mass is 32.1. The van der Waals surface area contributed by atoms with Crippen molar-refractivity contribution in [3.8, 4) is 5.75 Å². The van der Waals surface area contributed by atoms with Crippen LogP contribution in [0, 0.1) is 0 Å². The van der Waals surface area contributed by atoms with Crippen molar-refractivity contribution in [1.29, 1.82) is 0 Å². The first-order valence-electron chi connectivity index (χ1n) is 5.34. The van der Waals surface area contributed by atoms with Gasteiger partial charge in [-0.05, 0) is 24.9 Å². The molecule has 5 heteroatoms. The molecule has 0 aromatic carbocycles. The van der Waals surface area contributed by atoms with E-state index in [0.717, 1.165) is 19.5 Å². The van der Waals surface area contributed by atoms with E-state index in [2.05, 4.69) is 5.32 Å². The molecule has 0 radical (unpaired) electrons. The summed E-state index contributed by atoms with van der Waals surface area (Å²) in [7, 11) is 3.53. The van der Waals surface area contributed by atoms with Gasteiger partial charge < -0.3 is 15.0 Å². The molecule has 1 amide bonds. The third kappa shape index (κ3) is 2.05. The molecule has 1 saturated heterocycles. The van der Waals surface area contributed by atoms with Gasteiger partial charge in [0.2, 0.25) is 0 Å². The van der Waals surface area contributed by atoms with E-state index in [1.807, 2.05) is 23.4 Å². The van der Waals surface area contributed by atoms with Gasteiger partial charge in [0, 0.05) is 19.1 Å². The Balaban J connectivity index is 2.08. The lowest BCUT2D eigenvalue weighted by Crippen LogP contribution is -2.33. The lowest BCUT2D eigenvalue weighted by atomic mass is 10.3. The first-order valence-corrected chi connectivity index (χ1v) is 6.22. The summed E-state index contributed by atoms with van der Waals surface area (Å²) in [5.41, 5.74) is 0. The van der Waals surface area contributed by atoms with Crippen LogP contribution in [0.2, 0.25) is 0 Å². The molecule has 1 aliphatic heterocycles. The molecule has 0 spiro atoms. The van der Waals surface area contributed by atoms with Crippen LogP contribution in [0.3, 0.4) is 0 Å². The van der Waals surface area contributed by atoms with Crippen molar-refractivity contribution in [2.75, 3.05) is 27.2 Å². The topological polar surface area (TPSA) is 41.6 Å². The van der Waals surface area contributed by atoms with Crippen LogP contribution in [0.15, 0.2) is 11.4 Å². The Hall–Kier alpha value is -1.07. The first-order chi connectivity index (χ1) is 7.76. The predicted octanol–water partition coefficient (Wildman–Crippen LogP) is 1.19. The third-order valence-corrected chi connectivity index (χ3v) is 3.81. The van der Waals surface area contributed by atoms with E-state index >= 15 is 0 Å². The van der Waals surface area contributed by atoms with Crippen LogP contribution < -0.4 is 10.1 Å². The van der Waals surface area contributed by atoms with E-state index in [9.17, 15) is 4.79 Å². The summed E-state index contributed by atoms with van der Waals surface area (Å²) < 4.78 is 5.17. The molecule has 4 nitrogen and oxygen atoms in total. The lowest BCUT2D eigenvalue weighted by Gasteiger charge is -2.16. The first kappa shape index (κ1) is 11.4. The standard InChI is InChI=1S/C11H16N2O2S/c1-12-8-3-5-13(7-8)11(14)10-9(15-2)4-6-16-10/h4,6,8,12H,3,5,7H2,1-2H3. The number of ether oxygens (including phenoxy) is 1. The highest BCUT2D eigenvalue weighted by molar-refractivity contribution is 7.12. The van der Waals surface area contributed by atoms with Gasteiger partial charge in [0.15, 0.2) is 0 Å². The molecule has 1 aromatic heterocycles. The van der Waals surface area contributed by atoms with E-state index in [4.69, 9.17) is 4.74 Å². The van der Waals surface area contributed by atoms with Gasteiger partial charge in [-0.25, -0.2) is 0 Å². The van der Waals surface area contributed by atoms with Gasteiger partial charge in [-0.2, -0.15) is 0 Å². The van der Waals surface area contributed by atoms with E-state index in [1.54, 1.807) is 7.11 Å². The molecular weight excluding hydrogens is 224 g/mol. The maximum absolute atomic E-state index is 12.2. The van der Waals surface area contributed by atoms with Gasteiger partial charge in [-0.15, -0.1) is 11.3 Å². The summed E-state index contributed by atoms with van der Waals surface area (Å²) in [6.07, 6.45) is 1.02. The van der Waals surface area contributed by atoms with E-state index < -0.39 is 0 Å². The number of thiophene rings is 1. The van der Waals surface area contributed by atoms with Crippen molar-refractivity contribution in [1.82, 2.24) is 10.2 Å². The fraction of sp³-hybridized carbons (Fsp3) is 0.545. The van der Waals surface area contributed by atoms with Gasteiger partial charge in [0.1, 0.15) is 10.6 Å². The number of amides is 1. The Kier molecular flexibility index (Phi) is 3.46. The number of nitrogens with one attached hydrogen (secondary N) is 1. The van der Waals surface area contributed by atoms with Crippen molar-refractivity contribution in [3.63, 3.8) is 0 Å². The van der Waals surface area contributed by atoms with Crippen molar-refractivity contribution >= 4 is 17.2 Å². The molecule has 16 heavy (non-hydrogen) atoms. The smallest absolute Gasteiger partial charge is 0.267 e. The van der Waals surface area contributed by atoms with E-state index in [0.29, 0.717) is 16.7 Å². The minimum absolute atomic E-state index is 0.0876. The number of rotatable bonds is 3. The summed E-state index contributed by atoms with van der Waals surface area (Å²) in [5, 5.41) is 5.09. The van der Waals surface area contributed by atoms with Crippen LogP contribution in [0.4, 0.5) is 0 Å². The molecule has 1 aliphatic rings. The average molecular weight is 240 g/mol. The van der Waals surface area contributed by atoms with E-state index in [-0.39, 0.29) is 5.91 Å². The molecule has 1 N–H and O–H groups in total. The molecule has 0 aliphatic carbocycles. The number of carbonyl (C=O) groups excluding carboxylic acids is 1. The molecule has 88 valence electrons. The van der Waals surface area contributed by atoms with E-state index in [1.165, 1.54) is 11.3 Å². The van der Waals surface area contributed by atoms with Crippen molar-refractivity contribution < 1.29 is 9.53 Å². The van der Waals surface area contributed by atoms with Crippen molar-refractivity contribution in [3.05, 3.63) is 16.3 Å². The summed E-state index contributed by atoms with van der Waals surface area (Å²) in [5.74, 6) is 0.771. The van der Waals surface area contributed by atoms with Crippen LogP contribution in [0.25, 0.3) is 0 Å². The summed E-state index contributed by atoms with van der Waals surface area (Å²) in [6.45, 7) is 1.61. The highest BCUT2D eigenvalue weighted by Gasteiger charge is 2.28. The number of methoxy groups -OCH3 is 1. The number of carbonyl (C=O) groups is 1. The zero-order valence-corrected chi connectivity index (χ0v) is 10.3. The second kappa shape index (κ2) is 4.84. The lowest BCUT2D eigenvalue weighted by molar-refractivity contribution is 0.0791. The normalized spacial score (nSPS) is 20.1. The minimum atomic E-state index is 0.0876. The Morgan fingerprint density at radius 1 is 1.69 bits per heavy atom. The summed E-state index contributed by atoms with van der Waals surface area (Å²) >= 11 is 1.44. The molecule has 1 atom stereocenters. The van der Waals surface area contributed by atoms with Gasteiger partial charge in [0.25, 0.3) is 5.91 Å². The van der Waals surface area contributed by atoms with Gasteiger partial charge in [-0.3, -0.25) is 4.79 Å². The SMILES string of the molecule is CNC1CCN(C(=O)c2sccc2OC)C1. The van der Waals surface area contributed by atoms with Crippen LogP contribution in [-0.2, 0) is 0 Å². The Bertz CT molecular complexity index is 378. The van der Waals surface area contributed by atoms with Crippen LogP contribution in [-0.4, -0.2) is 44.1 Å². The molecular formula is C11H16N2O2S. The number of nitrogens with zero attached hydrogens (tertiary/aromatic N) is 1. The summed E-state index contributed by atoms with van der Waals surface area (Å²) in [6, 6.07) is 2.26. The fourth-order valence-corrected chi connectivity index (χ4v) is 2.76. The van der Waals surface area contributed by atoms with Crippen molar-refractivity contribution in [2.24, 2.45) is 0 Å².